The molecule has 5 nitrogen and oxygen atoms in total. The number of nitrogens with one attached hydrogen (secondary N) is 1. The van der Waals surface area contributed by atoms with Crippen LogP contribution in [0.4, 0.5) is 5.69 Å². The lowest BCUT2D eigenvalue weighted by Gasteiger charge is -2.39. The molecule has 0 saturated heterocycles. The number of hydrogen-bond donors (Lipinski definition) is 2. The third-order valence-electron chi connectivity index (χ3n) is 3.96. The van der Waals surface area contributed by atoms with E-state index in [-0.39, 0.29) is 11.5 Å². The molecule has 1 aliphatic rings. The molecule has 0 aliphatic heterocycles. The summed E-state index contributed by atoms with van der Waals surface area (Å²) in [5, 5.41) is 2.91. The Bertz CT molecular complexity index is 478. The van der Waals surface area contributed by atoms with E-state index < -0.39 is 0 Å². The number of benzene rings is 1. The summed E-state index contributed by atoms with van der Waals surface area (Å²) in [5.74, 6) is 0.661. The van der Waals surface area contributed by atoms with Gasteiger partial charge in [-0.1, -0.05) is 6.07 Å². The van der Waals surface area contributed by atoms with Crippen molar-refractivity contribution in [3.63, 3.8) is 0 Å². The normalized spacial score (nSPS) is 16.3. The van der Waals surface area contributed by atoms with Gasteiger partial charge in [-0.3, -0.25) is 4.79 Å². The van der Waals surface area contributed by atoms with Crippen LogP contribution in [-0.2, 0) is 16.1 Å². The summed E-state index contributed by atoms with van der Waals surface area (Å²) in [6.45, 7) is 0.465. The highest BCUT2D eigenvalue weighted by Crippen LogP contribution is 2.37. The van der Waals surface area contributed by atoms with Gasteiger partial charge in [-0.05, 0) is 37.0 Å². The van der Waals surface area contributed by atoms with Gasteiger partial charge in [-0.15, -0.1) is 0 Å². The summed E-state index contributed by atoms with van der Waals surface area (Å²) in [5.41, 5.74) is 7.13. The number of rotatable bonds is 6. The van der Waals surface area contributed by atoms with E-state index in [2.05, 4.69) is 5.32 Å². The first-order valence-electron chi connectivity index (χ1n) is 6.83. The van der Waals surface area contributed by atoms with Crippen molar-refractivity contribution in [3.8, 4) is 5.75 Å². The topological polar surface area (TPSA) is 73.6 Å². The standard InChI is InChI=1S/C15H22N2O3/c1-19-13-5-4-11(8-12(13)16)10-17-14(18)9-15(20-2)6-3-7-15/h4-5,8H,3,6-7,9-10,16H2,1-2H3,(H,17,18). The number of hydrogen-bond acceptors (Lipinski definition) is 4. The van der Waals surface area contributed by atoms with Crippen LogP contribution >= 0.6 is 0 Å². The van der Waals surface area contributed by atoms with Crippen molar-refractivity contribution in [3.05, 3.63) is 23.8 Å². The highest BCUT2D eigenvalue weighted by molar-refractivity contribution is 5.77. The molecule has 1 saturated carbocycles. The minimum Gasteiger partial charge on any atom is -0.495 e. The van der Waals surface area contributed by atoms with Gasteiger partial charge in [0.2, 0.25) is 5.91 Å². The molecule has 2 rings (SSSR count). The zero-order chi connectivity index (χ0) is 14.6. The second-order valence-corrected chi connectivity index (χ2v) is 5.27. The first-order chi connectivity index (χ1) is 9.58. The number of anilines is 1. The third kappa shape index (κ3) is 3.22. The molecular formula is C15H22N2O3. The van der Waals surface area contributed by atoms with Crippen LogP contribution < -0.4 is 15.8 Å². The molecular weight excluding hydrogens is 256 g/mol. The van der Waals surface area contributed by atoms with Crippen molar-refractivity contribution in [2.45, 2.75) is 37.8 Å². The fourth-order valence-corrected chi connectivity index (χ4v) is 2.47. The summed E-state index contributed by atoms with van der Waals surface area (Å²) in [7, 11) is 3.26. The second kappa shape index (κ2) is 6.13. The molecule has 5 heteroatoms. The summed E-state index contributed by atoms with van der Waals surface area (Å²) in [4.78, 5) is 11.9. The maximum Gasteiger partial charge on any atom is 0.223 e. The van der Waals surface area contributed by atoms with Gasteiger partial charge in [0, 0.05) is 13.7 Å². The Hall–Kier alpha value is -1.75. The Morgan fingerprint density at radius 3 is 2.65 bits per heavy atom. The van der Waals surface area contributed by atoms with Gasteiger partial charge in [0.15, 0.2) is 0 Å². The summed E-state index contributed by atoms with van der Waals surface area (Å²) in [6, 6.07) is 5.51. The van der Waals surface area contributed by atoms with Gasteiger partial charge in [-0.2, -0.15) is 0 Å². The van der Waals surface area contributed by atoms with E-state index in [1.165, 1.54) is 0 Å². The molecule has 0 atom stereocenters. The van der Waals surface area contributed by atoms with Crippen molar-refractivity contribution in [2.75, 3.05) is 20.0 Å². The largest absolute Gasteiger partial charge is 0.495 e. The van der Waals surface area contributed by atoms with E-state index in [9.17, 15) is 4.79 Å². The first-order valence-corrected chi connectivity index (χ1v) is 6.83. The quantitative estimate of drug-likeness (QED) is 0.779. The molecule has 20 heavy (non-hydrogen) atoms. The average Bonchev–Trinajstić information content (AvgIpc) is 2.41. The van der Waals surface area contributed by atoms with Crippen LogP contribution in [0.5, 0.6) is 5.75 Å². The van der Waals surface area contributed by atoms with Gasteiger partial charge < -0.3 is 20.5 Å². The number of ether oxygens (including phenoxy) is 2. The van der Waals surface area contributed by atoms with E-state index in [1.54, 1.807) is 20.3 Å². The van der Waals surface area contributed by atoms with Crippen LogP contribution in [0.25, 0.3) is 0 Å². The van der Waals surface area contributed by atoms with Gasteiger partial charge in [0.25, 0.3) is 0 Å². The lowest BCUT2D eigenvalue weighted by atomic mass is 9.77. The van der Waals surface area contributed by atoms with Crippen molar-refractivity contribution in [1.29, 1.82) is 0 Å². The van der Waals surface area contributed by atoms with Crippen LogP contribution in [-0.4, -0.2) is 25.7 Å². The molecule has 0 unspecified atom stereocenters. The summed E-state index contributed by atoms with van der Waals surface area (Å²) >= 11 is 0. The van der Waals surface area contributed by atoms with E-state index in [0.29, 0.717) is 24.4 Å². The Labute approximate surface area is 119 Å². The van der Waals surface area contributed by atoms with Crippen LogP contribution in [0, 0.1) is 0 Å². The Morgan fingerprint density at radius 1 is 1.40 bits per heavy atom. The minimum absolute atomic E-state index is 0.0148. The third-order valence-corrected chi connectivity index (χ3v) is 3.96. The average molecular weight is 278 g/mol. The van der Waals surface area contributed by atoms with E-state index >= 15 is 0 Å². The highest BCUT2D eigenvalue weighted by atomic mass is 16.5. The number of nitrogen functional groups attached to an aromatic ring is 1. The number of methoxy groups -OCH3 is 2. The number of carbonyl (C=O) groups is 1. The van der Waals surface area contributed by atoms with Gasteiger partial charge >= 0.3 is 0 Å². The number of nitrogens with two attached hydrogens (primary N) is 1. The first kappa shape index (κ1) is 14.7. The Kier molecular flexibility index (Phi) is 4.49. The van der Waals surface area contributed by atoms with Gasteiger partial charge in [0.1, 0.15) is 5.75 Å². The monoisotopic (exact) mass is 278 g/mol. The maximum absolute atomic E-state index is 11.9. The molecule has 0 heterocycles. The summed E-state index contributed by atoms with van der Waals surface area (Å²) in [6.07, 6.45) is 3.49. The van der Waals surface area contributed by atoms with Crippen molar-refractivity contribution in [2.24, 2.45) is 0 Å². The molecule has 3 N–H and O–H groups in total. The van der Waals surface area contributed by atoms with Crippen LogP contribution in [0.3, 0.4) is 0 Å². The molecule has 1 aromatic carbocycles. The van der Waals surface area contributed by atoms with Crippen molar-refractivity contribution < 1.29 is 14.3 Å². The fourth-order valence-electron chi connectivity index (χ4n) is 2.47. The van der Waals surface area contributed by atoms with Crippen LogP contribution in [0.15, 0.2) is 18.2 Å². The molecule has 0 bridgehead atoms. The zero-order valence-corrected chi connectivity index (χ0v) is 12.1. The predicted octanol–water partition coefficient (Wildman–Crippen LogP) is 1.85. The Morgan fingerprint density at radius 2 is 2.15 bits per heavy atom. The van der Waals surface area contributed by atoms with Crippen molar-refractivity contribution in [1.82, 2.24) is 5.32 Å². The van der Waals surface area contributed by atoms with E-state index in [0.717, 1.165) is 24.8 Å². The molecule has 0 spiro atoms. The molecule has 0 radical (unpaired) electrons. The van der Waals surface area contributed by atoms with Crippen molar-refractivity contribution >= 4 is 11.6 Å². The maximum atomic E-state index is 11.9. The Balaban J connectivity index is 1.85. The predicted molar refractivity (Wildman–Crippen MR) is 77.5 cm³/mol. The molecule has 0 aromatic heterocycles. The number of carbonyl (C=O) groups excluding carboxylic acids is 1. The molecule has 1 aliphatic carbocycles. The van der Waals surface area contributed by atoms with E-state index in [1.807, 2.05) is 12.1 Å². The SMILES string of the molecule is COc1ccc(CNC(=O)CC2(OC)CCC2)cc1N. The molecule has 1 amide bonds. The van der Waals surface area contributed by atoms with E-state index in [4.69, 9.17) is 15.2 Å². The molecule has 110 valence electrons. The van der Waals surface area contributed by atoms with Crippen LogP contribution in [0.1, 0.15) is 31.2 Å². The van der Waals surface area contributed by atoms with Gasteiger partial charge in [-0.25, -0.2) is 0 Å². The summed E-state index contributed by atoms with van der Waals surface area (Å²) < 4.78 is 10.5. The number of amides is 1. The fraction of sp³-hybridized carbons (Fsp3) is 0.533. The minimum atomic E-state index is -0.233. The van der Waals surface area contributed by atoms with Gasteiger partial charge in [0.05, 0.1) is 24.8 Å². The highest BCUT2D eigenvalue weighted by Gasteiger charge is 2.38. The lowest BCUT2D eigenvalue weighted by molar-refractivity contribution is -0.134. The molecule has 1 aromatic rings. The zero-order valence-electron chi connectivity index (χ0n) is 12.1. The lowest BCUT2D eigenvalue weighted by Crippen LogP contribution is -2.43. The second-order valence-electron chi connectivity index (χ2n) is 5.27. The smallest absolute Gasteiger partial charge is 0.223 e. The van der Waals surface area contributed by atoms with Crippen LogP contribution in [0.2, 0.25) is 0 Å². The molecule has 1 fully saturated rings.